The lowest BCUT2D eigenvalue weighted by Gasteiger charge is -2.40. The Morgan fingerprint density at radius 1 is 1.07 bits per heavy atom. The molecule has 0 aromatic carbocycles. The maximum Gasteiger partial charge on any atom is 0.410 e. The monoisotopic (exact) mass is 644 g/mol. The van der Waals surface area contributed by atoms with E-state index in [1.54, 1.807) is 23.5 Å². The van der Waals surface area contributed by atoms with Crippen LogP contribution in [0, 0.1) is 0 Å². The van der Waals surface area contributed by atoms with Crippen molar-refractivity contribution in [1.29, 1.82) is 0 Å². The Kier molecular flexibility index (Phi) is 7.26. The number of pyridine rings is 1. The third-order valence-electron chi connectivity index (χ3n) is 7.14. The highest BCUT2D eigenvalue weighted by molar-refractivity contribution is 9.10. The van der Waals surface area contributed by atoms with Gasteiger partial charge in [-0.05, 0) is 55.8 Å². The average molecular weight is 646 g/mol. The van der Waals surface area contributed by atoms with Gasteiger partial charge < -0.3 is 24.0 Å². The second-order valence-corrected chi connectivity index (χ2v) is 12.4. The van der Waals surface area contributed by atoms with E-state index in [-0.39, 0.29) is 24.5 Å². The predicted octanol–water partition coefficient (Wildman–Crippen LogP) is 4.69. The normalized spacial score (nSPS) is 17.7. The molecule has 1 amide bonds. The summed E-state index contributed by atoms with van der Waals surface area (Å²) in [6.45, 7) is 11.4. The number of fused-ring (bicyclic) bond motifs is 2. The molecule has 1 saturated heterocycles. The van der Waals surface area contributed by atoms with Crippen molar-refractivity contribution in [3.8, 4) is 11.3 Å². The molecule has 1 unspecified atom stereocenters. The van der Waals surface area contributed by atoms with Crippen LogP contribution in [0.15, 0.2) is 35.3 Å². The van der Waals surface area contributed by atoms with Crippen molar-refractivity contribution in [3.63, 3.8) is 0 Å². The van der Waals surface area contributed by atoms with Gasteiger partial charge in [-0.1, -0.05) is 0 Å². The minimum absolute atomic E-state index is 0.00283. The molecule has 216 valence electrons. The summed E-state index contributed by atoms with van der Waals surface area (Å²) in [5.41, 5.74) is 1.73. The van der Waals surface area contributed by atoms with Crippen molar-refractivity contribution >= 4 is 57.2 Å². The Labute approximate surface area is 249 Å². The van der Waals surface area contributed by atoms with Gasteiger partial charge in [0, 0.05) is 50.5 Å². The molecule has 6 rings (SSSR count). The summed E-state index contributed by atoms with van der Waals surface area (Å²) >= 11 is 3.53. The van der Waals surface area contributed by atoms with Gasteiger partial charge in [0.25, 0.3) is 0 Å². The van der Waals surface area contributed by atoms with E-state index in [1.807, 2.05) is 39.8 Å². The molecule has 15 heteroatoms. The van der Waals surface area contributed by atoms with Crippen LogP contribution >= 0.6 is 28.3 Å². The summed E-state index contributed by atoms with van der Waals surface area (Å²) in [6, 6.07) is 3.80. The Morgan fingerprint density at radius 2 is 1.88 bits per heavy atom. The van der Waals surface area contributed by atoms with E-state index in [4.69, 9.17) is 14.7 Å². The fourth-order valence-electron chi connectivity index (χ4n) is 5.14. The largest absolute Gasteiger partial charge is 0.444 e. The highest BCUT2D eigenvalue weighted by atomic mass is 79.9. The lowest BCUT2D eigenvalue weighted by molar-refractivity contribution is 0.0158. The molecule has 12 nitrogen and oxygen atoms in total. The number of imidazole rings is 1. The fraction of sp³-hybridized carbons (Fsp3) is 0.462. The lowest BCUT2D eigenvalue weighted by Crippen LogP contribution is -2.55. The summed E-state index contributed by atoms with van der Waals surface area (Å²) < 4.78 is 23.6. The number of carbonyl (C=O) groups is 1. The van der Waals surface area contributed by atoms with E-state index in [9.17, 15) is 8.68 Å². The van der Waals surface area contributed by atoms with Crippen LogP contribution in [0.3, 0.4) is 0 Å². The standard InChI is InChI=1S/C26H30BrFN10O2S/c1-16-14-34(7-9-36(16)25(39)40-26(2,3)4)20-6-5-17(11-29-20)22-23-18(38(33-22)41-28)12-31-24(32-23)35-8-10-37-19(27)13-30-21(37)15-35/h5-6,11-13,16H,7-10,14-15H2,1-4H3. The van der Waals surface area contributed by atoms with Crippen molar-refractivity contribution in [2.24, 2.45) is 0 Å². The molecule has 2 aliphatic heterocycles. The predicted molar refractivity (Wildman–Crippen MR) is 158 cm³/mol. The summed E-state index contributed by atoms with van der Waals surface area (Å²) in [4.78, 5) is 37.0. The number of hydrogen-bond acceptors (Lipinski definition) is 10. The van der Waals surface area contributed by atoms with Crippen molar-refractivity contribution in [1.82, 2.24) is 38.6 Å². The zero-order valence-corrected chi connectivity index (χ0v) is 25.6. The maximum atomic E-state index is 13.8. The third-order valence-corrected chi connectivity index (χ3v) is 8.18. The van der Waals surface area contributed by atoms with Crippen LogP contribution in [0.25, 0.3) is 22.3 Å². The first-order valence-corrected chi connectivity index (χ1v) is 14.8. The van der Waals surface area contributed by atoms with Gasteiger partial charge in [0.05, 0.1) is 18.9 Å². The first-order valence-electron chi connectivity index (χ1n) is 13.3. The minimum Gasteiger partial charge on any atom is -0.444 e. The zero-order valence-electron chi connectivity index (χ0n) is 23.2. The number of carbonyl (C=O) groups excluding carboxylic acids is 1. The van der Waals surface area contributed by atoms with Crippen LogP contribution in [0.4, 0.5) is 20.4 Å². The Morgan fingerprint density at radius 3 is 2.59 bits per heavy atom. The van der Waals surface area contributed by atoms with Gasteiger partial charge >= 0.3 is 6.09 Å². The molecule has 0 saturated carbocycles. The van der Waals surface area contributed by atoms with E-state index in [0.29, 0.717) is 55.4 Å². The fourth-order valence-corrected chi connectivity index (χ4v) is 5.94. The molecule has 0 spiro atoms. The number of amides is 1. The van der Waals surface area contributed by atoms with E-state index in [1.165, 1.54) is 4.09 Å². The third kappa shape index (κ3) is 5.44. The quantitative estimate of drug-likeness (QED) is 0.310. The van der Waals surface area contributed by atoms with E-state index in [0.717, 1.165) is 28.4 Å². The molecule has 41 heavy (non-hydrogen) atoms. The molecule has 6 heterocycles. The molecule has 4 aromatic heterocycles. The molecule has 2 aliphatic rings. The highest BCUT2D eigenvalue weighted by Gasteiger charge is 2.31. The number of piperazine rings is 1. The van der Waals surface area contributed by atoms with Crippen LogP contribution in [0.5, 0.6) is 0 Å². The topological polar surface area (TPSA) is 110 Å². The SMILES string of the molecule is CC1CN(c2ccc(-c3nn(SF)c4cnc(N5CCn6c(Br)cnc6C5)nc34)cn2)CCN1C(=O)OC(C)(C)C. The van der Waals surface area contributed by atoms with Gasteiger partial charge in [-0.3, -0.25) is 0 Å². The van der Waals surface area contributed by atoms with Crippen molar-refractivity contribution in [2.45, 2.75) is 52.4 Å². The molecule has 1 atom stereocenters. The van der Waals surface area contributed by atoms with Crippen molar-refractivity contribution in [3.05, 3.63) is 41.2 Å². The lowest BCUT2D eigenvalue weighted by atomic mass is 10.1. The van der Waals surface area contributed by atoms with E-state index >= 15 is 0 Å². The minimum atomic E-state index is -0.538. The molecule has 4 aromatic rings. The van der Waals surface area contributed by atoms with Crippen molar-refractivity contribution < 1.29 is 13.4 Å². The van der Waals surface area contributed by atoms with Crippen molar-refractivity contribution in [2.75, 3.05) is 36.0 Å². The average Bonchev–Trinajstić information content (AvgIpc) is 3.51. The summed E-state index contributed by atoms with van der Waals surface area (Å²) in [5.74, 6) is 2.25. The first-order chi connectivity index (χ1) is 19.6. The van der Waals surface area contributed by atoms with Gasteiger partial charge in [-0.2, -0.15) is 9.19 Å². The zero-order chi connectivity index (χ0) is 28.9. The summed E-state index contributed by atoms with van der Waals surface area (Å²) in [6.07, 6.45) is 4.82. The second-order valence-electron chi connectivity index (χ2n) is 11.1. The maximum absolute atomic E-state index is 13.8. The number of ether oxygens (including phenoxy) is 1. The molecule has 0 bridgehead atoms. The number of nitrogens with zero attached hydrogens (tertiary/aromatic N) is 10. The molecule has 0 aliphatic carbocycles. The van der Waals surface area contributed by atoms with Crippen LogP contribution < -0.4 is 9.80 Å². The molecular weight excluding hydrogens is 615 g/mol. The Hall–Kier alpha value is -3.46. The first kappa shape index (κ1) is 27.7. The molecule has 1 fully saturated rings. The number of hydrogen-bond donors (Lipinski definition) is 0. The van der Waals surface area contributed by atoms with Crippen LogP contribution in [0.2, 0.25) is 0 Å². The van der Waals surface area contributed by atoms with Gasteiger partial charge in [-0.15, -0.1) is 3.89 Å². The Balaban J connectivity index is 1.22. The molecule has 0 radical (unpaired) electrons. The van der Waals surface area contributed by atoms with Gasteiger partial charge in [0.1, 0.15) is 38.6 Å². The van der Waals surface area contributed by atoms with Gasteiger partial charge in [0.2, 0.25) is 5.95 Å². The number of halogens is 2. The van der Waals surface area contributed by atoms with Crippen LogP contribution in [0.1, 0.15) is 33.5 Å². The Bertz CT molecular complexity index is 1590. The number of aromatic nitrogens is 7. The van der Waals surface area contributed by atoms with Crippen LogP contribution in [-0.4, -0.2) is 82.5 Å². The molecular formula is C26H30BrFN10O2S. The summed E-state index contributed by atoms with van der Waals surface area (Å²) in [5, 5.41) is 4.47. The van der Waals surface area contributed by atoms with E-state index in [2.05, 4.69) is 45.4 Å². The molecule has 0 N–H and O–H groups in total. The number of anilines is 2. The van der Waals surface area contributed by atoms with Gasteiger partial charge in [-0.25, -0.2) is 24.7 Å². The smallest absolute Gasteiger partial charge is 0.410 e. The summed E-state index contributed by atoms with van der Waals surface area (Å²) in [7, 11) is 0. The highest BCUT2D eigenvalue weighted by Crippen LogP contribution is 2.32. The van der Waals surface area contributed by atoms with Gasteiger partial charge in [0.15, 0.2) is 12.3 Å². The number of rotatable bonds is 4. The van der Waals surface area contributed by atoms with Crippen LogP contribution in [-0.2, 0) is 17.8 Å². The second kappa shape index (κ2) is 10.7. The van der Waals surface area contributed by atoms with E-state index < -0.39 is 5.60 Å².